The van der Waals surface area contributed by atoms with Crippen LogP contribution in [0.4, 0.5) is 0 Å². The predicted octanol–water partition coefficient (Wildman–Crippen LogP) is 0.838. The van der Waals surface area contributed by atoms with Crippen molar-refractivity contribution in [2.24, 2.45) is 0 Å². The van der Waals surface area contributed by atoms with Crippen molar-refractivity contribution in [2.45, 2.75) is 38.4 Å². The smallest absolute Gasteiger partial charge is 0.0750 e. The van der Waals surface area contributed by atoms with Gasteiger partial charge in [0, 0.05) is 6.42 Å². The van der Waals surface area contributed by atoms with Crippen LogP contribution in [0.2, 0.25) is 0 Å². The van der Waals surface area contributed by atoms with Gasteiger partial charge in [0.1, 0.15) is 0 Å². The summed E-state index contributed by atoms with van der Waals surface area (Å²) in [6.45, 7) is 3.68. The fourth-order valence-electron chi connectivity index (χ4n) is 1.57. The fraction of sp³-hybridized carbons (Fsp3) is 0.750. The minimum Gasteiger partial charge on any atom is -0.390 e. The van der Waals surface area contributed by atoms with Crippen LogP contribution in [0, 0.1) is 0 Å². The first-order chi connectivity index (χ1) is 4.49. The molecular formula is C8H14O2. The van der Waals surface area contributed by atoms with Crippen LogP contribution in [0.1, 0.15) is 26.7 Å². The number of rotatable bonds is 0. The fourth-order valence-corrected chi connectivity index (χ4v) is 1.57. The summed E-state index contributed by atoms with van der Waals surface area (Å²) in [5, 5.41) is 18.7. The molecule has 0 aromatic carbocycles. The van der Waals surface area contributed by atoms with Crippen molar-refractivity contribution in [1.29, 1.82) is 0 Å². The van der Waals surface area contributed by atoms with Gasteiger partial charge in [0.25, 0.3) is 0 Å². The van der Waals surface area contributed by atoms with Crippen LogP contribution < -0.4 is 0 Å². The van der Waals surface area contributed by atoms with Crippen LogP contribution in [-0.2, 0) is 0 Å². The lowest BCUT2D eigenvalue weighted by Gasteiger charge is -2.29. The third kappa shape index (κ3) is 1.82. The monoisotopic (exact) mass is 142 g/mol. The molecule has 1 aliphatic carbocycles. The molecule has 0 spiro atoms. The van der Waals surface area contributed by atoms with Gasteiger partial charge >= 0.3 is 0 Å². The molecule has 0 aliphatic heterocycles. The molecule has 2 nitrogen and oxygen atoms in total. The van der Waals surface area contributed by atoms with Crippen molar-refractivity contribution < 1.29 is 10.2 Å². The zero-order valence-corrected chi connectivity index (χ0v) is 6.46. The van der Waals surface area contributed by atoms with E-state index in [2.05, 4.69) is 0 Å². The molecule has 0 fully saturated rings. The topological polar surface area (TPSA) is 40.5 Å². The van der Waals surface area contributed by atoms with Gasteiger partial charge in [0.15, 0.2) is 0 Å². The highest BCUT2D eigenvalue weighted by Crippen LogP contribution is 2.27. The van der Waals surface area contributed by atoms with E-state index >= 15 is 0 Å². The maximum absolute atomic E-state index is 9.51. The molecule has 10 heavy (non-hydrogen) atoms. The third-order valence-corrected chi connectivity index (χ3v) is 1.79. The molecular weight excluding hydrogens is 128 g/mol. The van der Waals surface area contributed by atoms with Gasteiger partial charge in [0.05, 0.1) is 11.7 Å². The Morgan fingerprint density at radius 2 is 2.30 bits per heavy atom. The third-order valence-electron chi connectivity index (χ3n) is 1.79. The molecule has 0 radical (unpaired) electrons. The van der Waals surface area contributed by atoms with Gasteiger partial charge in [-0.2, -0.15) is 0 Å². The number of aliphatic hydroxyl groups is 2. The van der Waals surface area contributed by atoms with E-state index in [9.17, 15) is 10.2 Å². The predicted molar refractivity (Wildman–Crippen MR) is 39.6 cm³/mol. The quantitative estimate of drug-likeness (QED) is 0.492. The number of aliphatic hydroxyl groups excluding tert-OH is 1. The molecule has 0 aromatic rings. The van der Waals surface area contributed by atoms with Crippen LogP contribution in [0.25, 0.3) is 0 Å². The van der Waals surface area contributed by atoms with E-state index in [0.717, 1.165) is 5.57 Å². The lowest BCUT2D eigenvalue weighted by Crippen LogP contribution is -2.32. The summed E-state index contributed by atoms with van der Waals surface area (Å²) in [6.07, 6.45) is 2.50. The van der Waals surface area contributed by atoms with Gasteiger partial charge in [-0.25, -0.2) is 0 Å². The van der Waals surface area contributed by atoms with Crippen molar-refractivity contribution >= 4 is 0 Å². The summed E-state index contributed by atoms with van der Waals surface area (Å²) in [7, 11) is 0. The Morgan fingerprint density at radius 3 is 2.70 bits per heavy atom. The normalized spacial score (nSPS) is 41.2. The summed E-state index contributed by atoms with van der Waals surface area (Å²) >= 11 is 0. The minimum atomic E-state index is -0.696. The largest absolute Gasteiger partial charge is 0.390 e. The average Bonchev–Trinajstić information content (AvgIpc) is 1.54. The Hall–Kier alpha value is -0.340. The molecule has 0 amide bonds. The highest BCUT2D eigenvalue weighted by atomic mass is 16.3. The molecule has 2 unspecified atom stereocenters. The second-order valence-corrected chi connectivity index (χ2v) is 3.46. The van der Waals surface area contributed by atoms with Crippen LogP contribution in [0.5, 0.6) is 0 Å². The van der Waals surface area contributed by atoms with Crippen molar-refractivity contribution in [2.75, 3.05) is 0 Å². The lowest BCUT2D eigenvalue weighted by atomic mass is 9.85. The van der Waals surface area contributed by atoms with Gasteiger partial charge in [-0.3, -0.25) is 0 Å². The Bertz CT molecular complexity index is 159. The molecule has 0 heterocycles. The van der Waals surface area contributed by atoms with Gasteiger partial charge in [-0.15, -0.1) is 0 Å². The summed E-state index contributed by atoms with van der Waals surface area (Å²) in [6, 6.07) is 0. The summed E-state index contributed by atoms with van der Waals surface area (Å²) in [5.74, 6) is 0. The molecule has 1 aliphatic rings. The van der Waals surface area contributed by atoms with Crippen LogP contribution in [0.3, 0.4) is 0 Å². The summed E-state index contributed by atoms with van der Waals surface area (Å²) in [4.78, 5) is 0. The van der Waals surface area contributed by atoms with Crippen molar-refractivity contribution in [3.63, 3.8) is 0 Å². The number of hydrogen-bond donors (Lipinski definition) is 2. The molecule has 58 valence electrons. The first-order valence-electron chi connectivity index (χ1n) is 3.57. The van der Waals surface area contributed by atoms with Gasteiger partial charge in [0.2, 0.25) is 0 Å². The minimum absolute atomic E-state index is 0.455. The highest BCUT2D eigenvalue weighted by Gasteiger charge is 2.27. The van der Waals surface area contributed by atoms with E-state index in [4.69, 9.17) is 0 Å². The summed E-state index contributed by atoms with van der Waals surface area (Å²) < 4.78 is 0. The van der Waals surface area contributed by atoms with E-state index in [1.165, 1.54) is 0 Å². The van der Waals surface area contributed by atoms with Crippen molar-refractivity contribution in [1.82, 2.24) is 0 Å². The van der Waals surface area contributed by atoms with Crippen LogP contribution in [0.15, 0.2) is 11.6 Å². The Balaban J connectivity index is 2.70. The second-order valence-electron chi connectivity index (χ2n) is 3.46. The van der Waals surface area contributed by atoms with Crippen molar-refractivity contribution in [3.8, 4) is 0 Å². The highest BCUT2D eigenvalue weighted by molar-refractivity contribution is 5.11. The Kier molecular flexibility index (Phi) is 1.84. The molecule has 2 atom stereocenters. The van der Waals surface area contributed by atoms with Gasteiger partial charge < -0.3 is 10.2 Å². The first-order valence-corrected chi connectivity index (χ1v) is 3.57. The molecule has 0 saturated heterocycles. The van der Waals surface area contributed by atoms with E-state index in [1.807, 2.05) is 6.92 Å². The molecule has 2 heteroatoms. The second kappa shape index (κ2) is 2.36. The molecule has 2 N–H and O–H groups in total. The van der Waals surface area contributed by atoms with Crippen LogP contribution in [-0.4, -0.2) is 21.9 Å². The SMILES string of the molecule is CC1=CC(O)CC(C)(O)C1. The standard InChI is InChI=1S/C8H14O2/c1-6-3-7(9)5-8(2,10)4-6/h3,7,9-10H,4-5H2,1-2H3. The van der Waals surface area contributed by atoms with Gasteiger partial charge in [-0.1, -0.05) is 11.6 Å². The molecule has 0 bridgehead atoms. The van der Waals surface area contributed by atoms with E-state index in [-0.39, 0.29) is 0 Å². The number of hydrogen-bond acceptors (Lipinski definition) is 2. The molecule has 0 aromatic heterocycles. The van der Waals surface area contributed by atoms with Crippen LogP contribution >= 0.6 is 0 Å². The summed E-state index contributed by atoms with van der Waals surface area (Å²) in [5.41, 5.74) is 0.377. The molecule has 0 saturated carbocycles. The van der Waals surface area contributed by atoms with E-state index in [1.54, 1.807) is 13.0 Å². The Morgan fingerprint density at radius 1 is 1.70 bits per heavy atom. The van der Waals surface area contributed by atoms with E-state index in [0.29, 0.717) is 12.8 Å². The van der Waals surface area contributed by atoms with E-state index < -0.39 is 11.7 Å². The maximum Gasteiger partial charge on any atom is 0.0750 e. The molecule has 1 rings (SSSR count). The first kappa shape index (κ1) is 7.76. The Labute approximate surface area is 61.2 Å². The zero-order chi connectivity index (χ0) is 7.78. The average molecular weight is 142 g/mol. The van der Waals surface area contributed by atoms with Gasteiger partial charge in [-0.05, 0) is 20.3 Å². The zero-order valence-electron chi connectivity index (χ0n) is 6.46. The van der Waals surface area contributed by atoms with Crippen molar-refractivity contribution in [3.05, 3.63) is 11.6 Å². The maximum atomic E-state index is 9.51. The lowest BCUT2D eigenvalue weighted by molar-refractivity contribution is 0.00896.